The Morgan fingerprint density at radius 3 is 2.76 bits per heavy atom. The van der Waals surface area contributed by atoms with Crippen molar-refractivity contribution in [3.63, 3.8) is 0 Å². The van der Waals surface area contributed by atoms with E-state index >= 15 is 0 Å². The maximum absolute atomic E-state index is 11.8. The van der Waals surface area contributed by atoms with E-state index < -0.39 is 18.5 Å². The molecule has 0 bridgehead atoms. The Hall–Kier alpha value is -2.67. The number of rotatable bonds is 7. The van der Waals surface area contributed by atoms with Gasteiger partial charge in [0.1, 0.15) is 6.61 Å². The molecular formula is C14H14N2O5. The predicted octanol–water partition coefficient (Wildman–Crippen LogP) is 1.17. The molecule has 1 aromatic carbocycles. The third-order valence-electron chi connectivity index (χ3n) is 2.56. The molecule has 0 saturated heterocycles. The van der Waals surface area contributed by atoms with Crippen molar-refractivity contribution in [2.24, 2.45) is 0 Å². The smallest absolute Gasteiger partial charge is 0.329 e. The summed E-state index contributed by atoms with van der Waals surface area (Å²) in [6, 6.07) is 10.8. The summed E-state index contributed by atoms with van der Waals surface area (Å²) < 4.78 is 9.91. The SMILES string of the molecule is O=C(O)COCCNC(=O)c1cc(-c2ccccc2)on1. The van der Waals surface area contributed by atoms with E-state index in [4.69, 9.17) is 14.4 Å². The van der Waals surface area contributed by atoms with Gasteiger partial charge < -0.3 is 19.7 Å². The van der Waals surface area contributed by atoms with Crippen LogP contribution in [0, 0.1) is 0 Å². The lowest BCUT2D eigenvalue weighted by Gasteiger charge is -2.02. The zero-order valence-corrected chi connectivity index (χ0v) is 11.1. The standard InChI is InChI=1S/C14H14N2O5/c17-13(18)9-20-7-6-15-14(19)11-8-12(21-16-11)10-4-2-1-3-5-10/h1-5,8H,6-7,9H2,(H,15,19)(H,17,18). The van der Waals surface area contributed by atoms with Crippen LogP contribution in [0.4, 0.5) is 0 Å². The van der Waals surface area contributed by atoms with Crippen LogP contribution < -0.4 is 5.32 Å². The summed E-state index contributed by atoms with van der Waals surface area (Å²) in [5, 5.41) is 14.6. The van der Waals surface area contributed by atoms with Gasteiger partial charge in [0.2, 0.25) is 0 Å². The van der Waals surface area contributed by atoms with Gasteiger partial charge in [0.25, 0.3) is 5.91 Å². The fraction of sp³-hybridized carbons (Fsp3) is 0.214. The molecule has 0 saturated carbocycles. The maximum atomic E-state index is 11.8. The molecule has 0 unspecified atom stereocenters. The molecule has 110 valence electrons. The normalized spacial score (nSPS) is 10.3. The second kappa shape index (κ2) is 7.20. The van der Waals surface area contributed by atoms with Gasteiger partial charge >= 0.3 is 5.97 Å². The van der Waals surface area contributed by atoms with Gasteiger partial charge in [0.05, 0.1) is 6.61 Å². The molecule has 2 N–H and O–H groups in total. The second-order valence-corrected chi connectivity index (χ2v) is 4.14. The molecule has 1 aromatic heterocycles. The number of carbonyl (C=O) groups excluding carboxylic acids is 1. The number of hydrogen-bond acceptors (Lipinski definition) is 5. The summed E-state index contributed by atoms with van der Waals surface area (Å²) in [6.07, 6.45) is 0. The fourth-order valence-electron chi connectivity index (χ4n) is 1.61. The molecule has 0 radical (unpaired) electrons. The molecule has 2 aromatic rings. The molecular weight excluding hydrogens is 276 g/mol. The summed E-state index contributed by atoms with van der Waals surface area (Å²) >= 11 is 0. The van der Waals surface area contributed by atoms with Gasteiger partial charge in [-0.05, 0) is 0 Å². The Kier molecular flexibility index (Phi) is 5.05. The molecule has 0 aliphatic heterocycles. The first-order valence-corrected chi connectivity index (χ1v) is 6.26. The Balaban J connectivity index is 1.84. The lowest BCUT2D eigenvalue weighted by atomic mass is 10.1. The van der Waals surface area contributed by atoms with Gasteiger partial charge in [0, 0.05) is 18.2 Å². The van der Waals surface area contributed by atoms with Crippen molar-refractivity contribution in [2.45, 2.75) is 0 Å². The van der Waals surface area contributed by atoms with E-state index in [0.717, 1.165) is 5.56 Å². The van der Waals surface area contributed by atoms with E-state index in [9.17, 15) is 9.59 Å². The molecule has 0 fully saturated rings. The number of nitrogens with one attached hydrogen (secondary N) is 1. The van der Waals surface area contributed by atoms with E-state index in [-0.39, 0.29) is 18.8 Å². The average Bonchev–Trinajstić information content (AvgIpc) is 2.97. The van der Waals surface area contributed by atoms with Gasteiger partial charge in [-0.1, -0.05) is 35.5 Å². The van der Waals surface area contributed by atoms with Crippen LogP contribution in [0.1, 0.15) is 10.5 Å². The number of carboxylic acid groups (broad SMARTS) is 1. The number of benzene rings is 1. The highest BCUT2D eigenvalue weighted by Gasteiger charge is 2.13. The van der Waals surface area contributed by atoms with E-state index in [1.165, 1.54) is 0 Å². The number of carboxylic acids is 1. The van der Waals surface area contributed by atoms with Gasteiger partial charge in [-0.3, -0.25) is 4.79 Å². The lowest BCUT2D eigenvalue weighted by molar-refractivity contribution is -0.142. The Labute approximate surface area is 120 Å². The Morgan fingerprint density at radius 2 is 2.05 bits per heavy atom. The van der Waals surface area contributed by atoms with E-state index in [0.29, 0.717) is 5.76 Å². The van der Waals surface area contributed by atoms with Crippen LogP contribution >= 0.6 is 0 Å². The third-order valence-corrected chi connectivity index (χ3v) is 2.56. The predicted molar refractivity (Wildman–Crippen MR) is 72.7 cm³/mol. The van der Waals surface area contributed by atoms with E-state index in [1.807, 2.05) is 30.3 Å². The zero-order chi connectivity index (χ0) is 15.1. The molecule has 2 rings (SSSR count). The molecule has 0 aliphatic carbocycles. The topological polar surface area (TPSA) is 102 Å². The monoisotopic (exact) mass is 290 g/mol. The van der Waals surface area contributed by atoms with Gasteiger partial charge in [0.15, 0.2) is 11.5 Å². The van der Waals surface area contributed by atoms with Crippen molar-refractivity contribution in [3.8, 4) is 11.3 Å². The highest BCUT2D eigenvalue weighted by Crippen LogP contribution is 2.19. The van der Waals surface area contributed by atoms with Crippen molar-refractivity contribution >= 4 is 11.9 Å². The summed E-state index contributed by atoms with van der Waals surface area (Å²) in [5.74, 6) is -0.951. The van der Waals surface area contributed by atoms with Crippen molar-refractivity contribution < 1.29 is 24.0 Å². The molecule has 7 nitrogen and oxygen atoms in total. The number of aromatic nitrogens is 1. The summed E-state index contributed by atoms with van der Waals surface area (Å²) in [6.45, 7) is -0.0843. The van der Waals surface area contributed by atoms with Crippen molar-refractivity contribution in [1.82, 2.24) is 10.5 Å². The number of carbonyl (C=O) groups is 2. The van der Waals surface area contributed by atoms with Gasteiger partial charge in [-0.25, -0.2) is 4.79 Å². The van der Waals surface area contributed by atoms with Crippen LogP contribution in [0.5, 0.6) is 0 Å². The van der Waals surface area contributed by atoms with Gasteiger partial charge in [-0.2, -0.15) is 0 Å². The quantitative estimate of drug-likeness (QED) is 0.742. The van der Waals surface area contributed by atoms with Crippen LogP contribution in [0.2, 0.25) is 0 Å². The number of hydrogen-bond donors (Lipinski definition) is 2. The van der Waals surface area contributed by atoms with Crippen LogP contribution in [0.15, 0.2) is 40.9 Å². The summed E-state index contributed by atoms with van der Waals surface area (Å²) in [4.78, 5) is 22.0. The number of nitrogens with zero attached hydrogens (tertiary/aromatic N) is 1. The van der Waals surface area contributed by atoms with Crippen molar-refractivity contribution in [2.75, 3.05) is 19.8 Å². The summed E-state index contributed by atoms with van der Waals surface area (Å²) in [7, 11) is 0. The minimum atomic E-state index is -1.05. The highest BCUT2D eigenvalue weighted by atomic mass is 16.5. The fourth-order valence-corrected chi connectivity index (χ4v) is 1.61. The first-order chi connectivity index (χ1) is 10.2. The van der Waals surface area contributed by atoms with E-state index in [2.05, 4.69) is 10.5 Å². The van der Waals surface area contributed by atoms with Crippen LogP contribution in [0.3, 0.4) is 0 Å². The number of aliphatic carboxylic acids is 1. The molecule has 0 atom stereocenters. The maximum Gasteiger partial charge on any atom is 0.329 e. The number of ether oxygens (including phenoxy) is 1. The van der Waals surface area contributed by atoms with Gasteiger partial charge in [-0.15, -0.1) is 0 Å². The average molecular weight is 290 g/mol. The minimum Gasteiger partial charge on any atom is -0.480 e. The molecule has 0 spiro atoms. The van der Waals surface area contributed by atoms with Crippen LogP contribution in [0.25, 0.3) is 11.3 Å². The Morgan fingerprint density at radius 1 is 1.29 bits per heavy atom. The second-order valence-electron chi connectivity index (χ2n) is 4.14. The van der Waals surface area contributed by atoms with Crippen molar-refractivity contribution in [1.29, 1.82) is 0 Å². The zero-order valence-electron chi connectivity index (χ0n) is 11.1. The van der Waals surface area contributed by atoms with E-state index in [1.54, 1.807) is 6.07 Å². The van der Waals surface area contributed by atoms with Crippen LogP contribution in [-0.2, 0) is 9.53 Å². The third kappa shape index (κ3) is 4.43. The first-order valence-electron chi connectivity index (χ1n) is 6.26. The first kappa shape index (κ1) is 14.7. The van der Waals surface area contributed by atoms with Crippen LogP contribution in [-0.4, -0.2) is 41.9 Å². The Bertz CT molecular complexity index is 609. The number of amides is 1. The molecule has 7 heteroatoms. The van der Waals surface area contributed by atoms with Crippen molar-refractivity contribution in [3.05, 3.63) is 42.1 Å². The summed E-state index contributed by atoms with van der Waals surface area (Å²) in [5.41, 5.74) is 0.987. The molecule has 1 heterocycles. The largest absolute Gasteiger partial charge is 0.480 e. The minimum absolute atomic E-state index is 0.113. The highest BCUT2D eigenvalue weighted by molar-refractivity contribution is 5.93. The molecule has 21 heavy (non-hydrogen) atoms. The molecule has 1 amide bonds. The molecule has 0 aliphatic rings. The lowest BCUT2D eigenvalue weighted by Crippen LogP contribution is -2.28.